The van der Waals surface area contributed by atoms with E-state index in [0.717, 1.165) is 36.5 Å². The molecule has 1 aromatic carbocycles. The predicted molar refractivity (Wildman–Crippen MR) is 188 cm³/mol. The number of nitrogens with one attached hydrogen (secondary N) is 1. The van der Waals surface area contributed by atoms with Gasteiger partial charge in [-0.3, -0.25) is 9.78 Å². The van der Waals surface area contributed by atoms with Crippen LogP contribution in [0.3, 0.4) is 0 Å². The van der Waals surface area contributed by atoms with Gasteiger partial charge in [0, 0.05) is 11.8 Å². The molecule has 5 fully saturated rings. The highest BCUT2D eigenvalue weighted by Gasteiger charge is 2.66. The van der Waals surface area contributed by atoms with E-state index in [9.17, 15) is 14.7 Å². The van der Waals surface area contributed by atoms with Gasteiger partial charge in [-0.1, -0.05) is 46.2 Å². The van der Waals surface area contributed by atoms with Crippen molar-refractivity contribution in [1.29, 1.82) is 0 Å². The van der Waals surface area contributed by atoms with Gasteiger partial charge in [-0.25, -0.2) is 4.79 Å². The van der Waals surface area contributed by atoms with Crippen LogP contribution >= 0.6 is 0 Å². The third-order valence-corrected chi connectivity index (χ3v) is 15.4. The van der Waals surface area contributed by atoms with Gasteiger partial charge < -0.3 is 15.2 Å². The summed E-state index contributed by atoms with van der Waals surface area (Å²) in [4.78, 5) is 29.1. The molecule has 0 spiro atoms. The number of methoxy groups -OCH3 is 1. The van der Waals surface area contributed by atoms with Gasteiger partial charge >= 0.3 is 5.97 Å². The number of aryl methyl sites for hydroxylation is 1. The number of nitrogens with zero attached hydrogens (tertiary/aromatic N) is 1. The van der Waals surface area contributed by atoms with Crippen LogP contribution in [0.4, 0.5) is 0 Å². The first kappa shape index (κ1) is 33.8. The van der Waals surface area contributed by atoms with Crippen LogP contribution in [-0.2, 0) is 17.7 Å². The Morgan fingerprint density at radius 1 is 0.875 bits per heavy atom. The third kappa shape index (κ3) is 5.53. The summed E-state index contributed by atoms with van der Waals surface area (Å²) in [6.45, 7) is 10.4. The highest BCUT2D eigenvalue weighted by molar-refractivity contribution is 5.94. The first-order chi connectivity index (χ1) is 22.9. The molecule has 1 aromatic heterocycles. The summed E-state index contributed by atoms with van der Waals surface area (Å²) in [5, 5.41) is 14.0. The number of rotatable bonds is 7. The summed E-state index contributed by atoms with van der Waals surface area (Å²) < 4.78 is 4.74. The molecule has 48 heavy (non-hydrogen) atoms. The van der Waals surface area contributed by atoms with E-state index in [1.165, 1.54) is 89.5 Å². The Morgan fingerprint density at radius 2 is 1.69 bits per heavy atom. The quantitative estimate of drug-likeness (QED) is 0.292. The van der Waals surface area contributed by atoms with Gasteiger partial charge in [0.1, 0.15) is 0 Å². The lowest BCUT2D eigenvalue weighted by atomic mass is 9.36. The van der Waals surface area contributed by atoms with Crippen LogP contribution in [0.25, 0.3) is 0 Å². The highest BCUT2D eigenvalue weighted by atomic mass is 16.5. The molecule has 7 rings (SSSR count). The van der Waals surface area contributed by atoms with Crippen LogP contribution in [-0.4, -0.2) is 35.2 Å². The normalized spacial score (nSPS) is 38.1. The lowest BCUT2D eigenvalue weighted by molar-refractivity contribution is -0.214. The molecule has 0 bridgehead atoms. The van der Waals surface area contributed by atoms with E-state index >= 15 is 0 Å². The van der Waals surface area contributed by atoms with E-state index in [4.69, 9.17) is 4.74 Å². The molecule has 9 unspecified atom stereocenters. The van der Waals surface area contributed by atoms with Crippen molar-refractivity contribution in [3.63, 3.8) is 0 Å². The number of benzene rings is 1. The molecule has 5 aliphatic carbocycles. The van der Waals surface area contributed by atoms with Crippen molar-refractivity contribution >= 4 is 11.9 Å². The standard InChI is InChI=1S/C42H58N2O4/c1-39(2)34-17-20-40(3)32-16-23-42(19-7-10-33(42)31(32)13-14-35(40)41(34,4)21-18-36(39)45)22-15-27-8-6-9-28(24-27)37(46)44-26-30-12-11-29(25-43-30)38(47)48-5/h6,8-9,11-12,24-25,31-36,45H,7,10,13-23,26H2,1-5H3,(H,44,46). The van der Waals surface area contributed by atoms with Crippen molar-refractivity contribution < 1.29 is 19.4 Å². The zero-order chi connectivity index (χ0) is 33.9. The lowest BCUT2D eigenvalue weighted by Crippen LogP contribution is -2.63. The van der Waals surface area contributed by atoms with E-state index in [1.54, 1.807) is 12.1 Å². The molecule has 2 aromatic rings. The molecule has 5 saturated carbocycles. The predicted octanol–water partition coefficient (Wildman–Crippen LogP) is 8.56. The minimum absolute atomic E-state index is 0.0206. The largest absolute Gasteiger partial charge is 0.465 e. The molecular weight excluding hydrogens is 596 g/mol. The highest BCUT2D eigenvalue weighted by Crippen LogP contribution is 2.73. The van der Waals surface area contributed by atoms with Crippen LogP contribution in [0.15, 0.2) is 42.6 Å². The number of amides is 1. The molecule has 5 aliphatic rings. The molecule has 260 valence electrons. The Morgan fingerprint density at radius 3 is 2.46 bits per heavy atom. The minimum Gasteiger partial charge on any atom is -0.465 e. The Balaban J connectivity index is 1.00. The SMILES string of the molecule is COC(=O)c1ccc(CNC(=O)c2cccc(CCC34CCCC3C3CCC5C(C)(CCC6C(C)(C)C(O)CCC65C)C3CC4)c2)nc1. The molecule has 1 amide bonds. The van der Waals surface area contributed by atoms with Crippen molar-refractivity contribution in [3.05, 3.63) is 65.0 Å². The first-order valence-electron chi connectivity index (χ1n) is 19.0. The number of hydrogen-bond donors (Lipinski definition) is 2. The van der Waals surface area contributed by atoms with E-state index in [2.05, 4.69) is 50.1 Å². The van der Waals surface area contributed by atoms with Gasteiger partial charge in [-0.05, 0) is 158 Å². The second-order valence-electron chi connectivity index (χ2n) is 17.7. The van der Waals surface area contributed by atoms with Crippen molar-refractivity contribution in [2.24, 2.45) is 51.2 Å². The number of ether oxygens (including phenoxy) is 1. The molecule has 1 heterocycles. The lowest BCUT2D eigenvalue weighted by Gasteiger charge is -2.69. The van der Waals surface area contributed by atoms with Crippen molar-refractivity contribution in [3.8, 4) is 0 Å². The zero-order valence-electron chi connectivity index (χ0n) is 30.0. The van der Waals surface area contributed by atoms with Gasteiger partial charge in [-0.15, -0.1) is 0 Å². The summed E-state index contributed by atoms with van der Waals surface area (Å²) in [5.41, 5.74) is 4.29. The van der Waals surface area contributed by atoms with E-state index in [1.807, 2.05) is 12.1 Å². The maximum atomic E-state index is 13.1. The Kier molecular flexibility index (Phi) is 8.82. The fourth-order valence-electron chi connectivity index (χ4n) is 13.1. The number of hydrogen-bond acceptors (Lipinski definition) is 5. The van der Waals surface area contributed by atoms with E-state index in [0.29, 0.717) is 45.5 Å². The molecule has 9 atom stereocenters. The number of pyridine rings is 1. The monoisotopic (exact) mass is 654 g/mol. The second-order valence-corrected chi connectivity index (χ2v) is 17.7. The maximum Gasteiger partial charge on any atom is 0.339 e. The molecule has 6 nitrogen and oxygen atoms in total. The minimum atomic E-state index is -0.421. The summed E-state index contributed by atoms with van der Waals surface area (Å²) in [5.74, 6) is 3.44. The van der Waals surface area contributed by atoms with Crippen LogP contribution in [0, 0.1) is 51.2 Å². The van der Waals surface area contributed by atoms with Crippen LogP contribution in [0.5, 0.6) is 0 Å². The first-order valence-corrected chi connectivity index (χ1v) is 19.0. The molecule has 0 aliphatic heterocycles. The smallest absolute Gasteiger partial charge is 0.339 e. The Bertz CT molecular complexity index is 1520. The fourth-order valence-corrected chi connectivity index (χ4v) is 13.1. The number of aromatic nitrogens is 1. The number of esters is 1. The van der Waals surface area contributed by atoms with Gasteiger partial charge in [0.25, 0.3) is 5.91 Å². The van der Waals surface area contributed by atoms with E-state index in [-0.39, 0.29) is 17.4 Å². The van der Waals surface area contributed by atoms with Crippen molar-refractivity contribution in [2.75, 3.05) is 7.11 Å². The summed E-state index contributed by atoms with van der Waals surface area (Å²) in [6.07, 6.45) is 18.1. The van der Waals surface area contributed by atoms with E-state index < -0.39 is 5.97 Å². The molecule has 0 radical (unpaired) electrons. The number of aliphatic hydroxyl groups is 1. The summed E-state index contributed by atoms with van der Waals surface area (Å²) in [6, 6.07) is 11.6. The fraction of sp³-hybridized carbons (Fsp3) is 0.690. The third-order valence-electron chi connectivity index (χ3n) is 15.4. The average molecular weight is 655 g/mol. The topological polar surface area (TPSA) is 88.5 Å². The van der Waals surface area contributed by atoms with Gasteiger partial charge in [-0.2, -0.15) is 0 Å². The van der Waals surface area contributed by atoms with Crippen LogP contribution < -0.4 is 5.32 Å². The van der Waals surface area contributed by atoms with Gasteiger partial charge in [0.15, 0.2) is 0 Å². The van der Waals surface area contributed by atoms with Crippen LogP contribution in [0.1, 0.15) is 137 Å². The molecule has 0 saturated heterocycles. The second kappa shape index (κ2) is 12.5. The average Bonchev–Trinajstić information content (AvgIpc) is 3.53. The number of carbonyl (C=O) groups is 2. The summed E-state index contributed by atoms with van der Waals surface area (Å²) >= 11 is 0. The molecule has 2 N–H and O–H groups in total. The van der Waals surface area contributed by atoms with Gasteiger partial charge in [0.2, 0.25) is 0 Å². The Hall–Kier alpha value is -2.73. The number of carbonyl (C=O) groups excluding carboxylic acids is 2. The summed E-state index contributed by atoms with van der Waals surface area (Å²) in [7, 11) is 1.35. The van der Waals surface area contributed by atoms with Crippen LogP contribution in [0.2, 0.25) is 0 Å². The van der Waals surface area contributed by atoms with Crippen molar-refractivity contribution in [2.45, 2.75) is 124 Å². The Labute approximate surface area is 288 Å². The van der Waals surface area contributed by atoms with Crippen molar-refractivity contribution in [1.82, 2.24) is 10.3 Å². The number of fused-ring (bicyclic) bond motifs is 7. The molecule has 6 heteroatoms. The number of aliphatic hydroxyl groups excluding tert-OH is 1. The zero-order valence-corrected chi connectivity index (χ0v) is 30.0. The maximum absolute atomic E-state index is 13.1. The molecular formula is C42H58N2O4. The van der Waals surface area contributed by atoms with Gasteiger partial charge in [0.05, 0.1) is 31.0 Å².